The number of imidazole rings is 1. The van der Waals surface area contributed by atoms with Gasteiger partial charge >= 0.3 is 0 Å². The molecule has 0 unspecified atom stereocenters. The summed E-state index contributed by atoms with van der Waals surface area (Å²) in [4.78, 5) is 24.2. The van der Waals surface area contributed by atoms with E-state index in [1.165, 1.54) is 12.8 Å². The van der Waals surface area contributed by atoms with Crippen LogP contribution < -0.4 is 10.3 Å². The molecule has 0 bridgehead atoms. The van der Waals surface area contributed by atoms with Crippen LogP contribution >= 0.6 is 11.9 Å². The number of rotatable bonds is 10. The van der Waals surface area contributed by atoms with Crippen molar-refractivity contribution < 1.29 is 4.74 Å². The van der Waals surface area contributed by atoms with Gasteiger partial charge in [-0.2, -0.15) is 0 Å². The third-order valence-electron chi connectivity index (χ3n) is 6.21. The average molecular weight is 485 g/mol. The number of H-pyrrole nitrogens is 1. The van der Waals surface area contributed by atoms with Crippen molar-refractivity contribution in [1.82, 2.24) is 28.8 Å². The minimum Gasteiger partial charge on any atom is -0.493 e. The van der Waals surface area contributed by atoms with Gasteiger partial charge in [-0.3, -0.25) is 4.79 Å². The molecule has 8 nitrogen and oxygen atoms in total. The number of likely N-dealkylation sites (N-methyl/N-ethyl adjacent to an activating group) is 2. The number of fused-ring (bicyclic) bond motifs is 1. The van der Waals surface area contributed by atoms with E-state index in [1.807, 2.05) is 13.0 Å². The topological polar surface area (TPSA) is 78.8 Å². The molecule has 0 spiro atoms. The highest BCUT2D eigenvalue weighted by atomic mass is 32.2. The molecule has 9 heteroatoms. The Bertz CT molecular complexity index is 1180. The zero-order valence-corrected chi connectivity index (χ0v) is 21.7. The van der Waals surface area contributed by atoms with Crippen molar-refractivity contribution in [3.63, 3.8) is 0 Å². The van der Waals surface area contributed by atoms with Crippen LogP contribution in [0.25, 0.3) is 16.9 Å². The van der Waals surface area contributed by atoms with Gasteiger partial charge in [0.2, 0.25) is 0 Å². The molecular weight excluding hydrogens is 448 g/mol. The summed E-state index contributed by atoms with van der Waals surface area (Å²) >= 11 is 1.67. The van der Waals surface area contributed by atoms with Crippen molar-refractivity contribution >= 4 is 17.5 Å². The molecule has 1 fully saturated rings. The maximum atomic E-state index is 13.1. The molecule has 2 aromatic heterocycles. The summed E-state index contributed by atoms with van der Waals surface area (Å²) in [5.41, 5.74) is 1.90. The van der Waals surface area contributed by atoms with Crippen LogP contribution in [0.4, 0.5) is 0 Å². The van der Waals surface area contributed by atoms with Gasteiger partial charge in [-0.05, 0) is 77.5 Å². The molecule has 0 aliphatic heterocycles. The van der Waals surface area contributed by atoms with E-state index < -0.39 is 0 Å². The number of hydrogen-bond donors (Lipinski definition) is 1. The second-order valence-electron chi connectivity index (χ2n) is 9.35. The maximum absolute atomic E-state index is 13.1. The first-order valence-electron chi connectivity index (χ1n) is 12.2. The Morgan fingerprint density at radius 1 is 1.21 bits per heavy atom. The molecule has 2 heterocycles. The number of ether oxygens (including phenoxy) is 1. The Hall–Kier alpha value is -2.36. The molecule has 0 radical (unpaired) electrons. The van der Waals surface area contributed by atoms with Crippen molar-refractivity contribution in [3.05, 3.63) is 40.1 Å². The SMILES string of the molecule is CCCOc1ccc(SN(C)CCN(C)C)cc1-c1nn2c(C3CCCC3)nc(C)c2c(=O)[nH]1. The number of hydrogen-bond acceptors (Lipinski definition) is 7. The number of aryl methyl sites for hydroxylation is 1. The number of nitrogens with zero attached hydrogens (tertiary/aromatic N) is 5. The second kappa shape index (κ2) is 10.9. The minimum atomic E-state index is -0.165. The molecule has 0 atom stereocenters. The summed E-state index contributed by atoms with van der Waals surface area (Å²) in [5.74, 6) is 2.50. The van der Waals surface area contributed by atoms with E-state index >= 15 is 0 Å². The van der Waals surface area contributed by atoms with Gasteiger partial charge < -0.3 is 14.6 Å². The molecule has 3 aromatic rings. The molecule has 1 aliphatic rings. The predicted molar refractivity (Wildman–Crippen MR) is 138 cm³/mol. The summed E-state index contributed by atoms with van der Waals surface area (Å²) in [6, 6.07) is 6.10. The van der Waals surface area contributed by atoms with Crippen molar-refractivity contribution in [3.8, 4) is 17.1 Å². The van der Waals surface area contributed by atoms with Crippen LogP contribution in [-0.4, -0.2) is 69.6 Å². The fraction of sp³-hybridized carbons (Fsp3) is 0.560. The van der Waals surface area contributed by atoms with Crippen molar-refractivity contribution in [2.45, 2.75) is 56.8 Å². The largest absolute Gasteiger partial charge is 0.493 e. The maximum Gasteiger partial charge on any atom is 0.277 e. The summed E-state index contributed by atoms with van der Waals surface area (Å²) in [6.45, 7) is 6.48. The first-order valence-corrected chi connectivity index (χ1v) is 12.9. The van der Waals surface area contributed by atoms with Crippen molar-refractivity contribution in [1.29, 1.82) is 0 Å². The highest BCUT2D eigenvalue weighted by Gasteiger charge is 2.25. The standard InChI is InChI=1S/C25H36N6O2S/c1-6-15-33-21-12-11-19(34-30(5)14-13-29(3)4)16-20(21)23-27-25(32)22-17(2)26-24(31(22)28-23)18-9-7-8-10-18/h11-12,16,18H,6-10,13-15H2,1-5H3,(H,27,28,32). The lowest BCUT2D eigenvalue weighted by Crippen LogP contribution is -2.24. The molecule has 184 valence electrons. The van der Waals surface area contributed by atoms with Crippen molar-refractivity contribution in [2.75, 3.05) is 40.8 Å². The van der Waals surface area contributed by atoms with E-state index in [2.05, 4.69) is 54.4 Å². The Kier molecular flexibility index (Phi) is 7.95. The molecule has 1 saturated carbocycles. The minimum absolute atomic E-state index is 0.165. The third-order valence-corrected chi connectivity index (χ3v) is 7.17. The summed E-state index contributed by atoms with van der Waals surface area (Å²) in [7, 11) is 6.24. The van der Waals surface area contributed by atoms with E-state index in [4.69, 9.17) is 14.8 Å². The van der Waals surface area contributed by atoms with Gasteiger partial charge in [0, 0.05) is 23.9 Å². The van der Waals surface area contributed by atoms with E-state index in [-0.39, 0.29) is 5.56 Å². The van der Waals surface area contributed by atoms with E-state index in [9.17, 15) is 4.79 Å². The number of benzene rings is 1. The number of aromatic amines is 1. The Morgan fingerprint density at radius 3 is 2.68 bits per heavy atom. The second-order valence-corrected chi connectivity index (χ2v) is 10.6. The Balaban J connectivity index is 1.75. The van der Waals surface area contributed by atoms with Crippen LogP contribution in [0.1, 0.15) is 56.5 Å². The summed E-state index contributed by atoms with van der Waals surface area (Å²) in [5, 5.41) is 4.91. The lowest BCUT2D eigenvalue weighted by Gasteiger charge is -2.19. The molecular formula is C25H36N6O2S. The van der Waals surface area contributed by atoms with Gasteiger partial charge in [0.15, 0.2) is 11.3 Å². The Morgan fingerprint density at radius 2 is 1.97 bits per heavy atom. The van der Waals surface area contributed by atoms with Gasteiger partial charge in [-0.15, -0.1) is 5.10 Å². The molecule has 0 amide bonds. The van der Waals surface area contributed by atoms with Crippen LogP contribution in [0.3, 0.4) is 0 Å². The van der Waals surface area contributed by atoms with Gasteiger partial charge in [-0.25, -0.2) is 13.8 Å². The summed E-state index contributed by atoms with van der Waals surface area (Å²) in [6.07, 6.45) is 5.49. The van der Waals surface area contributed by atoms with Gasteiger partial charge in [0.05, 0.1) is 17.9 Å². The smallest absolute Gasteiger partial charge is 0.277 e. The van der Waals surface area contributed by atoms with E-state index in [0.717, 1.165) is 60.1 Å². The zero-order chi connectivity index (χ0) is 24.2. The molecule has 1 N–H and O–H groups in total. The zero-order valence-electron chi connectivity index (χ0n) is 20.9. The number of nitrogens with one attached hydrogen (secondary N) is 1. The highest BCUT2D eigenvalue weighted by Crippen LogP contribution is 2.35. The molecule has 34 heavy (non-hydrogen) atoms. The summed E-state index contributed by atoms with van der Waals surface area (Å²) < 4.78 is 10.0. The van der Waals surface area contributed by atoms with Gasteiger partial charge in [0.1, 0.15) is 11.6 Å². The predicted octanol–water partition coefficient (Wildman–Crippen LogP) is 4.34. The van der Waals surface area contributed by atoms with Crippen LogP contribution in [-0.2, 0) is 0 Å². The van der Waals surface area contributed by atoms with Crippen LogP contribution in [0.5, 0.6) is 5.75 Å². The van der Waals surface area contributed by atoms with Crippen molar-refractivity contribution in [2.24, 2.45) is 0 Å². The molecule has 1 aromatic carbocycles. The Labute approximate surface area is 205 Å². The van der Waals surface area contributed by atoms with Gasteiger partial charge in [-0.1, -0.05) is 19.8 Å². The molecule has 0 saturated heterocycles. The van der Waals surface area contributed by atoms with Crippen LogP contribution in [0.15, 0.2) is 27.9 Å². The van der Waals surface area contributed by atoms with Crippen LogP contribution in [0.2, 0.25) is 0 Å². The first-order chi connectivity index (χ1) is 16.4. The number of aromatic nitrogens is 4. The lowest BCUT2D eigenvalue weighted by molar-refractivity contribution is 0.318. The lowest BCUT2D eigenvalue weighted by atomic mass is 10.1. The quantitative estimate of drug-likeness (QED) is 0.429. The monoisotopic (exact) mass is 484 g/mol. The van der Waals surface area contributed by atoms with E-state index in [0.29, 0.717) is 23.9 Å². The molecule has 1 aliphatic carbocycles. The van der Waals surface area contributed by atoms with E-state index in [1.54, 1.807) is 16.5 Å². The normalized spacial score (nSPS) is 14.7. The highest BCUT2D eigenvalue weighted by molar-refractivity contribution is 7.97. The first kappa shape index (κ1) is 24.8. The molecule has 4 rings (SSSR count). The fourth-order valence-electron chi connectivity index (χ4n) is 4.42. The van der Waals surface area contributed by atoms with Gasteiger partial charge in [0.25, 0.3) is 5.56 Å². The third kappa shape index (κ3) is 5.47. The average Bonchev–Trinajstić information content (AvgIpc) is 3.45. The fourth-order valence-corrected chi connectivity index (χ4v) is 5.25. The van der Waals surface area contributed by atoms with Crippen LogP contribution in [0, 0.1) is 6.92 Å².